The summed E-state index contributed by atoms with van der Waals surface area (Å²) in [7, 11) is -0.232. The number of rotatable bonds is 11. The SMILES string of the molecule is COC(=O)c1cc(NC(=O)CN(CCc2ccccc2)S(=O)(=O)c2ccc(OC)cc2)cc(C(=O)OC)c1. The molecule has 0 aliphatic rings. The van der Waals surface area contributed by atoms with Crippen LogP contribution in [0.1, 0.15) is 26.3 Å². The predicted molar refractivity (Wildman–Crippen MR) is 140 cm³/mol. The van der Waals surface area contributed by atoms with Crippen molar-refractivity contribution in [2.24, 2.45) is 0 Å². The van der Waals surface area contributed by atoms with Crippen molar-refractivity contribution in [2.45, 2.75) is 11.3 Å². The van der Waals surface area contributed by atoms with Crippen molar-refractivity contribution in [3.05, 3.63) is 89.5 Å². The van der Waals surface area contributed by atoms with E-state index in [4.69, 9.17) is 14.2 Å². The van der Waals surface area contributed by atoms with Gasteiger partial charge in [0.25, 0.3) is 0 Å². The number of anilines is 1. The standard InChI is InChI=1S/C27H28N2O8S/c1-35-23-9-11-24(12-10-23)38(33,34)29(14-13-19-7-5-4-6-8-19)18-25(30)28-22-16-20(26(31)36-2)15-21(17-22)27(32)37-3/h4-12,15-17H,13-14,18H2,1-3H3,(H,28,30). The molecule has 200 valence electrons. The van der Waals surface area contributed by atoms with Crippen LogP contribution in [-0.4, -0.2) is 65.0 Å². The Labute approximate surface area is 221 Å². The lowest BCUT2D eigenvalue weighted by Gasteiger charge is -2.22. The Morgan fingerprint density at radius 3 is 1.92 bits per heavy atom. The van der Waals surface area contributed by atoms with Gasteiger partial charge < -0.3 is 19.5 Å². The molecule has 0 saturated carbocycles. The van der Waals surface area contributed by atoms with E-state index < -0.39 is 34.4 Å². The predicted octanol–water partition coefficient (Wildman–Crippen LogP) is 3.14. The third kappa shape index (κ3) is 7.17. The highest BCUT2D eigenvalue weighted by Crippen LogP contribution is 2.21. The van der Waals surface area contributed by atoms with Gasteiger partial charge in [0.2, 0.25) is 15.9 Å². The van der Waals surface area contributed by atoms with Crippen LogP contribution in [-0.2, 0) is 30.7 Å². The van der Waals surface area contributed by atoms with Crippen LogP contribution < -0.4 is 10.1 Å². The Balaban J connectivity index is 1.88. The number of methoxy groups -OCH3 is 3. The van der Waals surface area contributed by atoms with E-state index in [0.29, 0.717) is 12.2 Å². The second kappa shape index (κ2) is 12.8. The van der Waals surface area contributed by atoms with Gasteiger partial charge in [-0.25, -0.2) is 18.0 Å². The second-order valence-electron chi connectivity index (χ2n) is 8.08. The molecule has 0 fully saturated rings. The number of hydrogen-bond acceptors (Lipinski definition) is 8. The normalized spacial score (nSPS) is 11.1. The topological polar surface area (TPSA) is 128 Å². The molecule has 11 heteroatoms. The molecule has 3 rings (SSSR count). The molecule has 1 amide bonds. The molecule has 1 N–H and O–H groups in total. The summed E-state index contributed by atoms with van der Waals surface area (Å²) in [5, 5.41) is 2.57. The summed E-state index contributed by atoms with van der Waals surface area (Å²) in [5.41, 5.74) is 1.02. The van der Waals surface area contributed by atoms with Crippen molar-refractivity contribution in [2.75, 3.05) is 39.7 Å². The van der Waals surface area contributed by atoms with Crippen LogP contribution >= 0.6 is 0 Å². The first-order valence-electron chi connectivity index (χ1n) is 11.5. The maximum atomic E-state index is 13.5. The number of ether oxygens (including phenoxy) is 3. The smallest absolute Gasteiger partial charge is 0.337 e. The molecule has 0 heterocycles. The molecule has 3 aromatic rings. The molecule has 0 bridgehead atoms. The fourth-order valence-corrected chi connectivity index (χ4v) is 5.01. The van der Waals surface area contributed by atoms with Gasteiger partial charge in [0.15, 0.2) is 0 Å². The maximum Gasteiger partial charge on any atom is 0.337 e. The Bertz CT molecular complexity index is 1360. The van der Waals surface area contributed by atoms with Crippen LogP contribution in [0.15, 0.2) is 77.7 Å². The number of nitrogens with zero attached hydrogens (tertiary/aromatic N) is 1. The van der Waals surface area contributed by atoms with E-state index in [-0.39, 0.29) is 28.3 Å². The van der Waals surface area contributed by atoms with Crippen LogP contribution in [0, 0.1) is 0 Å². The number of hydrogen-bond donors (Lipinski definition) is 1. The van der Waals surface area contributed by atoms with Crippen molar-refractivity contribution < 1.29 is 37.0 Å². The summed E-state index contributed by atoms with van der Waals surface area (Å²) in [4.78, 5) is 37.2. The van der Waals surface area contributed by atoms with Crippen LogP contribution in [0.4, 0.5) is 5.69 Å². The Hall–Kier alpha value is -4.22. The number of benzene rings is 3. The van der Waals surface area contributed by atoms with Crippen LogP contribution in [0.2, 0.25) is 0 Å². The highest BCUT2D eigenvalue weighted by atomic mass is 32.2. The van der Waals surface area contributed by atoms with Crippen molar-refractivity contribution in [3.63, 3.8) is 0 Å². The Morgan fingerprint density at radius 1 is 0.816 bits per heavy atom. The van der Waals surface area contributed by atoms with Crippen LogP contribution in [0.25, 0.3) is 0 Å². The molecule has 0 atom stereocenters. The van der Waals surface area contributed by atoms with Gasteiger partial charge in [-0.15, -0.1) is 0 Å². The average molecular weight is 541 g/mol. The average Bonchev–Trinajstić information content (AvgIpc) is 2.94. The molecular formula is C27H28N2O8S. The summed E-state index contributed by atoms with van der Waals surface area (Å²) in [6, 6.07) is 19.1. The van der Waals surface area contributed by atoms with Crippen LogP contribution in [0.3, 0.4) is 0 Å². The minimum Gasteiger partial charge on any atom is -0.497 e. The summed E-state index contributed by atoms with van der Waals surface area (Å²) in [6.07, 6.45) is 0.369. The van der Waals surface area contributed by atoms with E-state index >= 15 is 0 Å². The van der Waals surface area contributed by atoms with Gasteiger partial charge in [0.1, 0.15) is 5.75 Å². The molecule has 0 unspecified atom stereocenters. The first-order valence-corrected chi connectivity index (χ1v) is 12.9. The molecule has 0 radical (unpaired) electrons. The first kappa shape index (κ1) is 28.4. The van der Waals surface area contributed by atoms with Crippen LogP contribution in [0.5, 0.6) is 5.75 Å². The quantitative estimate of drug-likeness (QED) is 0.368. The number of carbonyl (C=O) groups is 3. The first-order chi connectivity index (χ1) is 18.2. The number of amides is 1. The van der Waals surface area contributed by atoms with Crippen molar-refractivity contribution >= 4 is 33.6 Å². The zero-order chi connectivity index (χ0) is 27.7. The summed E-state index contributed by atoms with van der Waals surface area (Å²) >= 11 is 0. The molecule has 3 aromatic carbocycles. The van der Waals surface area contributed by atoms with E-state index in [9.17, 15) is 22.8 Å². The molecule has 0 saturated heterocycles. The highest BCUT2D eigenvalue weighted by molar-refractivity contribution is 7.89. The third-order valence-corrected chi connectivity index (χ3v) is 7.43. The summed E-state index contributed by atoms with van der Waals surface area (Å²) < 4.78 is 42.6. The lowest BCUT2D eigenvalue weighted by Crippen LogP contribution is -2.39. The van der Waals surface area contributed by atoms with Gasteiger partial charge in [-0.2, -0.15) is 4.31 Å². The van der Waals surface area contributed by atoms with Crippen molar-refractivity contribution in [3.8, 4) is 5.75 Å². The van der Waals surface area contributed by atoms with Gasteiger partial charge in [0.05, 0.1) is 43.9 Å². The van der Waals surface area contributed by atoms with E-state index in [1.807, 2.05) is 30.3 Å². The fraction of sp³-hybridized carbons (Fsp3) is 0.222. The minimum atomic E-state index is -4.07. The van der Waals surface area contributed by atoms with Gasteiger partial charge in [-0.1, -0.05) is 30.3 Å². The number of nitrogens with one attached hydrogen (secondary N) is 1. The number of sulfonamides is 1. The lowest BCUT2D eigenvalue weighted by atomic mass is 10.1. The molecule has 0 aromatic heterocycles. The number of esters is 2. The third-order valence-electron chi connectivity index (χ3n) is 5.57. The molecule has 38 heavy (non-hydrogen) atoms. The Morgan fingerprint density at radius 2 is 1.39 bits per heavy atom. The van der Waals surface area contributed by atoms with Gasteiger partial charge >= 0.3 is 11.9 Å². The zero-order valence-corrected chi connectivity index (χ0v) is 22.0. The van der Waals surface area contributed by atoms with Crippen molar-refractivity contribution in [1.29, 1.82) is 0 Å². The van der Waals surface area contributed by atoms with Gasteiger partial charge in [0, 0.05) is 12.2 Å². The molecule has 0 aliphatic heterocycles. The maximum absolute atomic E-state index is 13.5. The van der Waals surface area contributed by atoms with E-state index in [1.165, 1.54) is 63.8 Å². The summed E-state index contributed by atoms with van der Waals surface area (Å²) in [5.74, 6) is -1.63. The second-order valence-corrected chi connectivity index (χ2v) is 10.0. The minimum absolute atomic E-state index is 0.000159. The summed E-state index contributed by atoms with van der Waals surface area (Å²) in [6.45, 7) is -0.487. The van der Waals surface area contributed by atoms with E-state index in [0.717, 1.165) is 9.87 Å². The zero-order valence-electron chi connectivity index (χ0n) is 21.2. The molecule has 0 aliphatic carbocycles. The molecular weight excluding hydrogens is 512 g/mol. The monoisotopic (exact) mass is 540 g/mol. The van der Waals surface area contributed by atoms with Gasteiger partial charge in [-0.05, 0) is 54.4 Å². The Kier molecular flexibility index (Phi) is 9.58. The van der Waals surface area contributed by atoms with Gasteiger partial charge in [-0.3, -0.25) is 4.79 Å². The highest BCUT2D eigenvalue weighted by Gasteiger charge is 2.27. The molecule has 10 nitrogen and oxygen atoms in total. The number of carbonyl (C=O) groups excluding carboxylic acids is 3. The lowest BCUT2D eigenvalue weighted by molar-refractivity contribution is -0.116. The van der Waals surface area contributed by atoms with E-state index in [2.05, 4.69) is 5.32 Å². The van der Waals surface area contributed by atoms with E-state index in [1.54, 1.807) is 0 Å². The van der Waals surface area contributed by atoms with Crippen molar-refractivity contribution in [1.82, 2.24) is 4.31 Å². The fourth-order valence-electron chi connectivity index (χ4n) is 3.61. The molecule has 0 spiro atoms. The largest absolute Gasteiger partial charge is 0.497 e.